The minimum Gasteiger partial charge on any atom is -0.402 e. The van der Waals surface area contributed by atoms with Crippen LogP contribution in [0.3, 0.4) is 0 Å². The zero-order chi connectivity index (χ0) is 13.4. The second-order valence-electron chi connectivity index (χ2n) is 3.21. The van der Waals surface area contributed by atoms with Gasteiger partial charge in [0.1, 0.15) is 5.76 Å². The summed E-state index contributed by atoms with van der Waals surface area (Å²) in [6, 6.07) is 9.09. The summed E-state index contributed by atoms with van der Waals surface area (Å²) in [5.74, 6) is 0.252. The summed E-state index contributed by atoms with van der Waals surface area (Å²) < 4.78 is 27.6. The second-order valence-corrected chi connectivity index (χ2v) is 5.03. The van der Waals surface area contributed by atoms with E-state index in [1.54, 1.807) is 26.0 Å². The molecular weight excluding hydrogens is 275 g/mol. The third kappa shape index (κ3) is 4.46. The van der Waals surface area contributed by atoms with Crippen molar-refractivity contribution in [1.82, 2.24) is 0 Å². The van der Waals surface area contributed by atoms with E-state index in [9.17, 15) is 4.57 Å². The first-order valence-corrected chi connectivity index (χ1v) is 7.49. The van der Waals surface area contributed by atoms with Gasteiger partial charge in [-0.25, -0.2) is 4.57 Å². The van der Waals surface area contributed by atoms with Crippen molar-refractivity contribution in [3.05, 3.63) is 41.4 Å². The molecule has 18 heavy (non-hydrogen) atoms. The van der Waals surface area contributed by atoms with Crippen LogP contribution < -0.4 is 0 Å². The highest BCUT2D eigenvalue weighted by Gasteiger charge is 2.28. The second kappa shape index (κ2) is 7.59. The van der Waals surface area contributed by atoms with E-state index in [1.165, 1.54) is 5.54 Å². The van der Waals surface area contributed by atoms with Crippen LogP contribution in [-0.2, 0) is 18.1 Å². The van der Waals surface area contributed by atoms with Crippen LogP contribution in [0, 0.1) is 0 Å². The van der Waals surface area contributed by atoms with Gasteiger partial charge in [0.25, 0.3) is 0 Å². The van der Waals surface area contributed by atoms with E-state index in [1.807, 2.05) is 18.2 Å². The average Bonchev–Trinajstić information content (AvgIpc) is 2.38. The van der Waals surface area contributed by atoms with Gasteiger partial charge in [0.05, 0.1) is 13.2 Å². The van der Waals surface area contributed by atoms with E-state index in [-0.39, 0.29) is 19.0 Å². The van der Waals surface area contributed by atoms with Crippen LogP contribution >= 0.6 is 19.4 Å². The maximum atomic E-state index is 12.2. The highest BCUT2D eigenvalue weighted by molar-refractivity contribution is 7.48. The smallest absolute Gasteiger partial charge is 0.402 e. The van der Waals surface area contributed by atoms with E-state index in [0.29, 0.717) is 5.56 Å². The first-order valence-electron chi connectivity index (χ1n) is 5.59. The summed E-state index contributed by atoms with van der Waals surface area (Å²) >= 11 is 5.69. The Kier molecular flexibility index (Phi) is 6.44. The van der Waals surface area contributed by atoms with Crippen molar-refractivity contribution < 1.29 is 18.1 Å². The molecule has 0 saturated carbocycles. The first kappa shape index (κ1) is 15.3. The molecule has 0 spiro atoms. The molecule has 0 aliphatic heterocycles. The first-order chi connectivity index (χ1) is 8.65. The van der Waals surface area contributed by atoms with Crippen molar-refractivity contribution in [2.45, 2.75) is 13.8 Å². The van der Waals surface area contributed by atoms with Crippen LogP contribution in [-0.4, -0.2) is 13.2 Å². The Hall–Kier alpha value is -0.800. The van der Waals surface area contributed by atoms with Gasteiger partial charge in [0.2, 0.25) is 0 Å². The van der Waals surface area contributed by atoms with Gasteiger partial charge >= 0.3 is 7.82 Å². The summed E-state index contributed by atoms with van der Waals surface area (Å²) in [5, 5.41) is 0. The van der Waals surface area contributed by atoms with Crippen LogP contribution in [0.2, 0.25) is 0 Å². The zero-order valence-corrected chi connectivity index (χ0v) is 12.0. The zero-order valence-electron chi connectivity index (χ0n) is 10.3. The van der Waals surface area contributed by atoms with Crippen LogP contribution in [0.25, 0.3) is 5.76 Å². The summed E-state index contributed by atoms with van der Waals surface area (Å²) in [5.41, 5.74) is 1.91. The summed E-state index contributed by atoms with van der Waals surface area (Å²) in [6.45, 7) is 3.87. The Morgan fingerprint density at radius 3 is 2.22 bits per heavy atom. The molecule has 0 atom stereocenters. The SMILES string of the molecule is CCOP(=O)(OCC)O/C(=C\Cl)c1ccccc1. The molecule has 1 aromatic rings. The van der Waals surface area contributed by atoms with E-state index < -0.39 is 7.82 Å². The van der Waals surface area contributed by atoms with Crippen molar-refractivity contribution >= 4 is 25.2 Å². The summed E-state index contributed by atoms with van der Waals surface area (Å²) in [6.07, 6.45) is 0. The van der Waals surface area contributed by atoms with Gasteiger partial charge in [0.15, 0.2) is 0 Å². The average molecular weight is 291 g/mol. The highest BCUT2D eigenvalue weighted by Crippen LogP contribution is 2.52. The van der Waals surface area contributed by atoms with Crippen LogP contribution in [0.15, 0.2) is 35.9 Å². The standard InChI is InChI=1S/C12H16ClO4P/c1-3-15-18(14,16-4-2)17-12(10-13)11-8-6-5-7-9-11/h5-10H,3-4H2,1-2H3/b12-10-. The molecular formula is C12H16ClO4P. The predicted molar refractivity (Wildman–Crippen MR) is 72.2 cm³/mol. The minimum absolute atomic E-state index is 0.224. The van der Waals surface area contributed by atoms with Crippen molar-refractivity contribution in [2.75, 3.05) is 13.2 Å². The molecule has 4 nitrogen and oxygen atoms in total. The highest BCUT2D eigenvalue weighted by atomic mass is 35.5. The number of hydrogen-bond donors (Lipinski definition) is 0. The van der Waals surface area contributed by atoms with Gasteiger partial charge in [-0.05, 0) is 13.8 Å². The fraction of sp³-hybridized carbons (Fsp3) is 0.333. The third-order valence-corrected chi connectivity index (χ3v) is 3.71. The molecule has 0 aliphatic carbocycles. The van der Waals surface area contributed by atoms with Crippen LogP contribution in [0.1, 0.15) is 19.4 Å². The molecule has 6 heteroatoms. The molecule has 100 valence electrons. The molecule has 1 rings (SSSR count). The lowest BCUT2D eigenvalue weighted by atomic mass is 10.2. The molecule has 0 fully saturated rings. The lowest BCUT2D eigenvalue weighted by molar-refractivity contribution is 0.159. The number of benzene rings is 1. The molecule has 0 aromatic heterocycles. The Labute approximate surface area is 112 Å². The van der Waals surface area contributed by atoms with E-state index in [4.69, 9.17) is 25.2 Å². The fourth-order valence-corrected chi connectivity index (χ4v) is 2.71. The molecule has 0 bridgehead atoms. The molecule has 1 aromatic carbocycles. The Morgan fingerprint density at radius 1 is 1.22 bits per heavy atom. The van der Waals surface area contributed by atoms with Gasteiger partial charge in [0, 0.05) is 11.1 Å². The quantitative estimate of drug-likeness (QED) is 0.551. The van der Waals surface area contributed by atoms with Crippen LogP contribution in [0.5, 0.6) is 0 Å². The molecule has 0 aliphatic rings. The number of hydrogen-bond acceptors (Lipinski definition) is 4. The van der Waals surface area contributed by atoms with Gasteiger partial charge in [-0.1, -0.05) is 41.9 Å². The van der Waals surface area contributed by atoms with E-state index >= 15 is 0 Å². The van der Waals surface area contributed by atoms with Crippen molar-refractivity contribution in [2.24, 2.45) is 0 Å². The maximum absolute atomic E-state index is 12.2. The van der Waals surface area contributed by atoms with Gasteiger partial charge in [-0.3, -0.25) is 9.05 Å². The molecule has 0 heterocycles. The van der Waals surface area contributed by atoms with Crippen LogP contribution in [0.4, 0.5) is 0 Å². The topological polar surface area (TPSA) is 44.8 Å². The Balaban J connectivity index is 2.88. The third-order valence-electron chi connectivity index (χ3n) is 1.94. The number of phosphoric ester groups is 1. The largest absolute Gasteiger partial charge is 0.530 e. The molecule has 0 saturated heterocycles. The number of phosphoric acid groups is 1. The number of rotatable bonds is 7. The Bertz CT molecular complexity index is 423. The Morgan fingerprint density at radius 2 is 1.78 bits per heavy atom. The minimum atomic E-state index is -3.61. The van der Waals surface area contributed by atoms with E-state index in [0.717, 1.165) is 0 Å². The van der Waals surface area contributed by atoms with Gasteiger partial charge in [-0.15, -0.1) is 0 Å². The van der Waals surface area contributed by atoms with Crippen molar-refractivity contribution in [3.8, 4) is 0 Å². The van der Waals surface area contributed by atoms with Gasteiger partial charge in [-0.2, -0.15) is 0 Å². The molecule has 0 N–H and O–H groups in total. The molecule has 0 amide bonds. The monoisotopic (exact) mass is 290 g/mol. The lowest BCUT2D eigenvalue weighted by Crippen LogP contribution is -2.00. The maximum Gasteiger partial charge on any atom is 0.530 e. The van der Waals surface area contributed by atoms with Gasteiger partial charge < -0.3 is 4.52 Å². The summed E-state index contributed by atoms with van der Waals surface area (Å²) in [4.78, 5) is 0. The molecule has 0 radical (unpaired) electrons. The van der Waals surface area contributed by atoms with Crippen molar-refractivity contribution in [3.63, 3.8) is 0 Å². The van der Waals surface area contributed by atoms with Crippen molar-refractivity contribution in [1.29, 1.82) is 0 Å². The molecule has 0 unspecified atom stereocenters. The fourth-order valence-electron chi connectivity index (χ4n) is 1.26. The normalized spacial score (nSPS) is 12.5. The van der Waals surface area contributed by atoms with E-state index in [2.05, 4.69) is 0 Å². The number of halogens is 1. The lowest BCUT2D eigenvalue weighted by Gasteiger charge is -2.18. The summed E-state index contributed by atoms with van der Waals surface area (Å²) in [7, 11) is -3.61. The predicted octanol–water partition coefficient (Wildman–Crippen LogP) is 4.42.